The Kier molecular flexibility index (Phi) is 14.5. The Hall–Kier alpha value is -0.560. The third-order valence-corrected chi connectivity index (χ3v) is 4.91. The molecule has 0 aliphatic heterocycles. The van der Waals surface area contributed by atoms with Crippen molar-refractivity contribution in [3.05, 3.63) is 24.3 Å². The quantitative estimate of drug-likeness (QED) is 0.291. The van der Waals surface area contributed by atoms with E-state index < -0.39 is 0 Å². The number of allylic oxidation sites excluding steroid dienone is 2. The molecule has 1 nitrogen and oxygen atoms in total. The van der Waals surface area contributed by atoms with E-state index in [0.29, 0.717) is 5.92 Å². The van der Waals surface area contributed by atoms with E-state index in [1.165, 1.54) is 96.4 Å². The van der Waals surface area contributed by atoms with Gasteiger partial charge in [0.05, 0.1) is 0 Å². The highest BCUT2D eigenvalue weighted by molar-refractivity contribution is 5.17. The molecule has 0 fully saturated rings. The normalized spacial score (nSPS) is 14.1. The molecule has 1 aliphatic carbocycles. The molecule has 0 saturated heterocycles. The maximum absolute atomic E-state index is 3.57. The maximum Gasteiger partial charge on any atom is 0.00779 e. The summed E-state index contributed by atoms with van der Waals surface area (Å²) in [7, 11) is 0. The van der Waals surface area contributed by atoms with Crippen molar-refractivity contribution in [1.29, 1.82) is 0 Å². The minimum Gasteiger partial charge on any atom is -0.316 e. The molecule has 1 N–H and O–H groups in total. The van der Waals surface area contributed by atoms with Gasteiger partial charge in [0.2, 0.25) is 0 Å². The van der Waals surface area contributed by atoms with E-state index in [0.717, 1.165) is 6.54 Å². The largest absolute Gasteiger partial charge is 0.316 e. The number of unbranched alkanes of at least 4 members (excludes halogenated alkanes) is 13. The van der Waals surface area contributed by atoms with Crippen LogP contribution in [0.15, 0.2) is 24.3 Å². The molecule has 0 aromatic heterocycles. The second-order valence-electron chi connectivity index (χ2n) is 7.23. The second kappa shape index (κ2) is 16.3. The van der Waals surface area contributed by atoms with Crippen molar-refractivity contribution in [2.24, 2.45) is 5.92 Å². The van der Waals surface area contributed by atoms with Gasteiger partial charge in [0.1, 0.15) is 0 Å². The standard InChI is InChI=1S/C22H41N/c1-2-3-4-5-6-7-8-9-10-11-12-13-14-17-20-23-21-22-18-15-16-19-22/h15-16,18-19,22-23H,2-14,17,20-21H2,1H3. The van der Waals surface area contributed by atoms with E-state index in [-0.39, 0.29) is 0 Å². The minimum absolute atomic E-state index is 0.640. The lowest BCUT2D eigenvalue weighted by Crippen LogP contribution is -2.21. The first-order valence-electron chi connectivity index (χ1n) is 10.5. The third-order valence-electron chi connectivity index (χ3n) is 4.91. The molecule has 0 heterocycles. The van der Waals surface area contributed by atoms with Crippen molar-refractivity contribution < 1.29 is 0 Å². The molecule has 0 amide bonds. The van der Waals surface area contributed by atoms with Crippen molar-refractivity contribution in [2.45, 2.75) is 96.8 Å². The molecule has 0 bridgehead atoms. The lowest BCUT2D eigenvalue weighted by Gasteiger charge is -2.07. The van der Waals surface area contributed by atoms with E-state index >= 15 is 0 Å². The van der Waals surface area contributed by atoms with Crippen LogP contribution in [0, 0.1) is 5.92 Å². The summed E-state index contributed by atoms with van der Waals surface area (Å²) in [4.78, 5) is 0. The van der Waals surface area contributed by atoms with Gasteiger partial charge in [0, 0.05) is 12.5 Å². The molecule has 0 aromatic carbocycles. The Morgan fingerprint density at radius 1 is 0.609 bits per heavy atom. The molecular formula is C22H41N. The van der Waals surface area contributed by atoms with Crippen LogP contribution in [-0.2, 0) is 0 Å². The fourth-order valence-electron chi connectivity index (χ4n) is 3.33. The third kappa shape index (κ3) is 13.6. The van der Waals surface area contributed by atoms with Crippen LogP contribution in [-0.4, -0.2) is 13.1 Å². The van der Waals surface area contributed by atoms with Gasteiger partial charge in [-0.05, 0) is 13.0 Å². The highest BCUT2D eigenvalue weighted by atomic mass is 14.8. The van der Waals surface area contributed by atoms with Crippen LogP contribution < -0.4 is 5.32 Å². The van der Waals surface area contributed by atoms with E-state index in [1.807, 2.05) is 0 Å². The molecule has 23 heavy (non-hydrogen) atoms. The van der Waals surface area contributed by atoms with Crippen LogP contribution in [0.3, 0.4) is 0 Å². The molecule has 0 saturated carbocycles. The Labute approximate surface area is 146 Å². The average molecular weight is 320 g/mol. The van der Waals surface area contributed by atoms with Gasteiger partial charge >= 0.3 is 0 Å². The Balaban J connectivity index is 1.65. The predicted octanol–water partition coefficient (Wildman–Crippen LogP) is 6.80. The van der Waals surface area contributed by atoms with Gasteiger partial charge in [-0.15, -0.1) is 0 Å². The van der Waals surface area contributed by atoms with Gasteiger partial charge in [-0.25, -0.2) is 0 Å². The molecule has 134 valence electrons. The first-order valence-corrected chi connectivity index (χ1v) is 10.5. The zero-order valence-corrected chi connectivity index (χ0v) is 15.7. The zero-order chi connectivity index (χ0) is 16.4. The molecule has 0 spiro atoms. The van der Waals surface area contributed by atoms with Crippen LogP contribution in [0.5, 0.6) is 0 Å². The first kappa shape index (κ1) is 20.5. The van der Waals surface area contributed by atoms with Gasteiger partial charge in [-0.3, -0.25) is 0 Å². The number of hydrogen-bond acceptors (Lipinski definition) is 1. The number of nitrogens with one attached hydrogen (secondary N) is 1. The highest BCUT2D eigenvalue weighted by Gasteiger charge is 2.01. The second-order valence-corrected chi connectivity index (χ2v) is 7.23. The summed E-state index contributed by atoms with van der Waals surface area (Å²) in [5.74, 6) is 0.640. The zero-order valence-electron chi connectivity index (χ0n) is 15.7. The lowest BCUT2D eigenvalue weighted by molar-refractivity contribution is 0.527. The molecule has 0 unspecified atom stereocenters. The van der Waals surface area contributed by atoms with E-state index in [1.54, 1.807) is 0 Å². The summed E-state index contributed by atoms with van der Waals surface area (Å²) >= 11 is 0. The van der Waals surface area contributed by atoms with Crippen LogP contribution in [0.2, 0.25) is 0 Å². The van der Waals surface area contributed by atoms with Gasteiger partial charge in [-0.2, -0.15) is 0 Å². The highest BCUT2D eigenvalue weighted by Crippen LogP contribution is 2.13. The van der Waals surface area contributed by atoms with E-state index in [2.05, 4.69) is 36.5 Å². The summed E-state index contributed by atoms with van der Waals surface area (Å²) in [6.07, 6.45) is 29.0. The fraction of sp³-hybridized carbons (Fsp3) is 0.818. The Morgan fingerprint density at radius 3 is 1.52 bits per heavy atom. The van der Waals surface area contributed by atoms with Gasteiger partial charge in [-0.1, -0.05) is 115 Å². The Bertz CT molecular complexity index is 280. The van der Waals surface area contributed by atoms with E-state index in [9.17, 15) is 0 Å². The monoisotopic (exact) mass is 319 g/mol. The Morgan fingerprint density at radius 2 is 1.04 bits per heavy atom. The summed E-state index contributed by atoms with van der Waals surface area (Å²) in [5, 5.41) is 3.57. The summed E-state index contributed by atoms with van der Waals surface area (Å²) in [6.45, 7) is 4.60. The molecule has 0 aromatic rings. The average Bonchev–Trinajstić information content (AvgIpc) is 3.08. The molecule has 1 heteroatoms. The maximum atomic E-state index is 3.57. The minimum atomic E-state index is 0.640. The fourth-order valence-corrected chi connectivity index (χ4v) is 3.33. The van der Waals surface area contributed by atoms with Gasteiger partial charge < -0.3 is 5.32 Å². The van der Waals surface area contributed by atoms with Crippen molar-refractivity contribution >= 4 is 0 Å². The summed E-state index contributed by atoms with van der Waals surface area (Å²) in [5.41, 5.74) is 0. The van der Waals surface area contributed by atoms with Crippen LogP contribution >= 0.6 is 0 Å². The molecular weight excluding hydrogens is 278 g/mol. The van der Waals surface area contributed by atoms with Gasteiger partial charge in [0.25, 0.3) is 0 Å². The first-order chi connectivity index (χ1) is 11.4. The van der Waals surface area contributed by atoms with Crippen LogP contribution in [0.4, 0.5) is 0 Å². The molecule has 1 aliphatic rings. The smallest absolute Gasteiger partial charge is 0.00779 e. The predicted molar refractivity (Wildman–Crippen MR) is 105 cm³/mol. The van der Waals surface area contributed by atoms with Crippen molar-refractivity contribution in [1.82, 2.24) is 5.32 Å². The SMILES string of the molecule is CCCCCCCCCCCCCCCCNCC1C=CC=C1. The lowest BCUT2D eigenvalue weighted by atomic mass is 10.0. The number of hydrogen-bond donors (Lipinski definition) is 1. The summed E-state index contributed by atoms with van der Waals surface area (Å²) in [6, 6.07) is 0. The molecule has 0 radical (unpaired) electrons. The van der Waals surface area contributed by atoms with Crippen molar-refractivity contribution in [3.63, 3.8) is 0 Å². The van der Waals surface area contributed by atoms with Crippen LogP contribution in [0.1, 0.15) is 96.8 Å². The van der Waals surface area contributed by atoms with Gasteiger partial charge in [0.15, 0.2) is 0 Å². The molecule has 1 rings (SSSR count). The number of rotatable bonds is 17. The van der Waals surface area contributed by atoms with Crippen molar-refractivity contribution in [3.8, 4) is 0 Å². The summed E-state index contributed by atoms with van der Waals surface area (Å²) < 4.78 is 0. The molecule has 0 atom stereocenters. The topological polar surface area (TPSA) is 12.0 Å². The van der Waals surface area contributed by atoms with Crippen LogP contribution in [0.25, 0.3) is 0 Å². The van der Waals surface area contributed by atoms with Crippen molar-refractivity contribution in [2.75, 3.05) is 13.1 Å². The van der Waals surface area contributed by atoms with E-state index in [4.69, 9.17) is 0 Å².